The van der Waals surface area contributed by atoms with Crippen molar-refractivity contribution in [1.82, 2.24) is 4.57 Å². The summed E-state index contributed by atoms with van der Waals surface area (Å²) < 4.78 is 7.66. The summed E-state index contributed by atoms with van der Waals surface area (Å²) in [5.74, 6) is -0.957. The van der Waals surface area contributed by atoms with Crippen molar-refractivity contribution in [3.05, 3.63) is 69.8 Å². The number of nitrogens with zero attached hydrogens (tertiary/aromatic N) is 1. The lowest BCUT2D eigenvalue weighted by atomic mass is 10.1. The fraction of sp³-hybridized carbons (Fsp3) is 0.286. The van der Waals surface area contributed by atoms with Crippen LogP contribution in [0.4, 0.5) is 0 Å². The first-order valence-electron chi connectivity index (χ1n) is 8.74. The summed E-state index contributed by atoms with van der Waals surface area (Å²) in [6.07, 6.45) is 1.24. The average Bonchev–Trinajstić information content (AvgIpc) is 2.94. The van der Waals surface area contributed by atoms with Gasteiger partial charge in [0.15, 0.2) is 6.10 Å². The van der Waals surface area contributed by atoms with Gasteiger partial charge in [0.2, 0.25) is 0 Å². The summed E-state index contributed by atoms with van der Waals surface area (Å²) in [4.78, 5) is 11.6. The number of aliphatic carboxylic acids is 1. The molecule has 0 aliphatic heterocycles. The predicted octanol–water partition coefficient (Wildman–Crippen LogP) is 5.42. The Morgan fingerprint density at radius 2 is 1.89 bits per heavy atom. The Kier molecular flexibility index (Phi) is 6.10. The largest absolute Gasteiger partial charge is 0.479 e. The molecule has 0 amide bonds. The second kappa shape index (κ2) is 8.34. The van der Waals surface area contributed by atoms with Crippen LogP contribution in [-0.4, -0.2) is 27.9 Å². The Balaban J connectivity index is 1.97. The molecular formula is C21H21Cl2NO3. The van der Waals surface area contributed by atoms with Crippen LogP contribution in [0.2, 0.25) is 10.0 Å². The minimum absolute atomic E-state index is 0.160. The van der Waals surface area contributed by atoms with Gasteiger partial charge >= 0.3 is 5.97 Å². The molecule has 0 saturated carbocycles. The van der Waals surface area contributed by atoms with E-state index in [1.807, 2.05) is 56.4 Å². The van der Waals surface area contributed by atoms with Crippen LogP contribution >= 0.6 is 23.2 Å². The van der Waals surface area contributed by atoms with Crippen molar-refractivity contribution >= 4 is 40.1 Å². The Morgan fingerprint density at radius 1 is 1.15 bits per heavy atom. The number of hydrogen-bond donors (Lipinski definition) is 1. The van der Waals surface area contributed by atoms with Crippen LogP contribution in [0.5, 0.6) is 0 Å². The highest BCUT2D eigenvalue weighted by Gasteiger charge is 2.22. The smallest absolute Gasteiger partial charge is 0.333 e. The summed E-state index contributed by atoms with van der Waals surface area (Å²) in [6, 6.07) is 13.4. The van der Waals surface area contributed by atoms with Gasteiger partial charge in [0, 0.05) is 40.1 Å². The maximum Gasteiger partial charge on any atom is 0.333 e. The number of carboxylic acids is 1. The molecule has 0 aliphatic rings. The molecule has 27 heavy (non-hydrogen) atoms. The minimum Gasteiger partial charge on any atom is -0.479 e. The van der Waals surface area contributed by atoms with Crippen LogP contribution in [0, 0.1) is 0 Å². The lowest BCUT2D eigenvalue weighted by molar-refractivity contribution is -0.153. The van der Waals surface area contributed by atoms with Crippen molar-refractivity contribution in [3.8, 4) is 0 Å². The Bertz CT molecular complexity index is 965. The molecule has 1 unspecified atom stereocenters. The predicted molar refractivity (Wildman–Crippen MR) is 109 cm³/mol. The maximum absolute atomic E-state index is 11.6. The molecule has 0 aliphatic carbocycles. The van der Waals surface area contributed by atoms with E-state index in [0.29, 0.717) is 23.0 Å². The first-order chi connectivity index (χ1) is 12.8. The van der Waals surface area contributed by atoms with Gasteiger partial charge in [-0.05, 0) is 43.2 Å². The van der Waals surface area contributed by atoms with Crippen molar-refractivity contribution in [2.45, 2.75) is 39.0 Å². The first-order valence-corrected chi connectivity index (χ1v) is 9.49. The van der Waals surface area contributed by atoms with E-state index < -0.39 is 12.1 Å². The highest BCUT2D eigenvalue weighted by Crippen LogP contribution is 2.27. The molecule has 0 bridgehead atoms. The summed E-state index contributed by atoms with van der Waals surface area (Å²) in [5, 5.41) is 11.7. The third kappa shape index (κ3) is 4.64. The van der Waals surface area contributed by atoms with Crippen molar-refractivity contribution in [1.29, 1.82) is 0 Å². The normalized spacial score (nSPS) is 12.6. The van der Waals surface area contributed by atoms with E-state index in [2.05, 4.69) is 4.57 Å². The second-order valence-corrected chi connectivity index (χ2v) is 7.59. The monoisotopic (exact) mass is 405 g/mol. The molecule has 0 fully saturated rings. The summed E-state index contributed by atoms with van der Waals surface area (Å²) in [5.41, 5.74) is 2.90. The van der Waals surface area contributed by atoms with E-state index in [1.54, 1.807) is 6.07 Å². The Labute approximate surface area is 168 Å². The molecule has 6 heteroatoms. The molecule has 1 N–H and O–H groups in total. The van der Waals surface area contributed by atoms with Gasteiger partial charge in [0.25, 0.3) is 0 Å². The Morgan fingerprint density at radius 3 is 2.56 bits per heavy atom. The highest BCUT2D eigenvalue weighted by molar-refractivity contribution is 6.35. The number of ether oxygens (including phenoxy) is 1. The SMILES string of the molecule is CC(C)OC(Cc1cn(Cc2ccc(Cl)cc2Cl)c2ccccc12)C(=O)O. The molecule has 0 saturated heterocycles. The van der Waals surface area contributed by atoms with Crippen LogP contribution in [0.15, 0.2) is 48.7 Å². The van der Waals surface area contributed by atoms with Gasteiger partial charge < -0.3 is 14.4 Å². The van der Waals surface area contributed by atoms with Crippen LogP contribution in [-0.2, 0) is 22.5 Å². The Hall–Kier alpha value is -2.01. The number of para-hydroxylation sites is 1. The summed E-state index contributed by atoms with van der Waals surface area (Å²) in [6.45, 7) is 4.24. The summed E-state index contributed by atoms with van der Waals surface area (Å²) in [7, 11) is 0. The number of aromatic nitrogens is 1. The van der Waals surface area contributed by atoms with Crippen molar-refractivity contribution in [2.75, 3.05) is 0 Å². The van der Waals surface area contributed by atoms with Crippen LogP contribution in [0.25, 0.3) is 10.9 Å². The second-order valence-electron chi connectivity index (χ2n) is 6.75. The zero-order chi connectivity index (χ0) is 19.6. The van der Waals surface area contributed by atoms with E-state index >= 15 is 0 Å². The van der Waals surface area contributed by atoms with Gasteiger partial charge in [-0.2, -0.15) is 0 Å². The van der Waals surface area contributed by atoms with Gasteiger partial charge in [-0.1, -0.05) is 47.5 Å². The fourth-order valence-corrected chi connectivity index (χ4v) is 3.64. The van der Waals surface area contributed by atoms with E-state index in [9.17, 15) is 9.90 Å². The number of carbonyl (C=O) groups is 1. The number of carboxylic acid groups (broad SMARTS) is 1. The number of benzene rings is 2. The molecule has 142 valence electrons. The molecule has 3 rings (SSSR count). The van der Waals surface area contributed by atoms with Crippen molar-refractivity contribution in [2.24, 2.45) is 0 Å². The molecule has 3 aromatic rings. The molecule has 1 aromatic heterocycles. The van der Waals surface area contributed by atoms with Gasteiger partial charge in [0.05, 0.1) is 6.10 Å². The van der Waals surface area contributed by atoms with Crippen molar-refractivity contribution < 1.29 is 14.6 Å². The molecule has 4 nitrogen and oxygen atoms in total. The number of rotatable bonds is 7. The molecule has 1 heterocycles. The van der Waals surface area contributed by atoms with E-state index in [1.165, 1.54) is 0 Å². The zero-order valence-corrected chi connectivity index (χ0v) is 16.7. The molecule has 2 aromatic carbocycles. The fourth-order valence-electron chi connectivity index (χ4n) is 3.17. The number of fused-ring (bicyclic) bond motifs is 1. The standard InChI is InChI=1S/C21H21Cl2NO3/c1-13(2)27-20(21(25)26)9-15-12-24(19-6-4-3-5-17(15)19)11-14-7-8-16(22)10-18(14)23/h3-8,10,12-13,20H,9,11H2,1-2H3,(H,25,26). The summed E-state index contributed by atoms with van der Waals surface area (Å²) >= 11 is 12.3. The minimum atomic E-state index is -0.957. The quantitative estimate of drug-likeness (QED) is 0.570. The lowest BCUT2D eigenvalue weighted by Gasteiger charge is -2.16. The average molecular weight is 406 g/mol. The first kappa shape index (κ1) is 19.7. The topological polar surface area (TPSA) is 51.5 Å². The lowest BCUT2D eigenvalue weighted by Crippen LogP contribution is -2.29. The van der Waals surface area contributed by atoms with Crippen LogP contribution in [0.3, 0.4) is 0 Å². The molecule has 1 atom stereocenters. The van der Waals surface area contributed by atoms with E-state index in [0.717, 1.165) is 22.0 Å². The zero-order valence-electron chi connectivity index (χ0n) is 15.2. The van der Waals surface area contributed by atoms with Gasteiger partial charge in [-0.15, -0.1) is 0 Å². The van der Waals surface area contributed by atoms with Crippen molar-refractivity contribution in [3.63, 3.8) is 0 Å². The van der Waals surface area contributed by atoms with Gasteiger partial charge in [-0.3, -0.25) is 0 Å². The molecular weight excluding hydrogens is 385 g/mol. The number of halogens is 2. The third-order valence-electron chi connectivity index (χ3n) is 4.34. The maximum atomic E-state index is 11.6. The molecule has 0 radical (unpaired) electrons. The van der Waals surface area contributed by atoms with Gasteiger partial charge in [-0.25, -0.2) is 4.79 Å². The van der Waals surface area contributed by atoms with Crippen LogP contribution < -0.4 is 0 Å². The van der Waals surface area contributed by atoms with Crippen LogP contribution in [0.1, 0.15) is 25.0 Å². The van der Waals surface area contributed by atoms with E-state index in [-0.39, 0.29) is 6.10 Å². The van der Waals surface area contributed by atoms with E-state index in [4.69, 9.17) is 27.9 Å². The highest BCUT2D eigenvalue weighted by atomic mass is 35.5. The molecule has 0 spiro atoms. The third-order valence-corrected chi connectivity index (χ3v) is 4.93. The number of hydrogen-bond acceptors (Lipinski definition) is 2. The van der Waals surface area contributed by atoms with Gasteiger partial charge in [0.1, 0.15) is 0 Å².